The third-order valence-electron chi connectivity index (χ3n) is 3.50. The van der Waals surface area contributed by atoms with Gasteiger partial charge in [-0.2, -0.15) is 0 Å². The van der Waals surface area contributed by atoms with Crippen molar-refractivity contribution in [2.24, 2.45) is 5.14 Å². The highest BCUT2D eigenvalue weighted by Crippen LogP contribution is 2.29. The van der Waals surface area contributed by atoms with Gasteiger partial charge in [0.2, 0.25) is 10.0 Å². The van der Waals surface area contributed by atoms with Crippen LogP contribution in [0.1, 0.15) is 43.0 Å². The molecule has 0 bridgehead atoms. The molecule has 0 aromatic heterocycles. The Morgan fingerprint density at radius 2 is 2.10 bits per heavy atom. The molecule has 1 fully saturated rings. The van der Waals surface area contributed by atoms with Gasteiger partial charge in [0.25, 0.3) is 5.91 Å². The molecule has 0 saturated heterocycles. The number of nitrogens with two attached hydrogens (primary N) is 1. The Morgan fingerprint density at radius 3 is 2.57 bits per heavy atom. The van der Waals surface area contributed by atoms with Crippen molar-refractivity contribution in [1.29, 1.82) is 0 Å². The lowest BCUT2D eigenvalue weighted by Gasteiger charge is -2.22. The van der Waals surface area contributed by atoms with Gasteiger partial charge in [-0.1, -0.05) is 13.3 Å². The fourth-order valence-corrected chi connectivity index (χ4v) is 2.69. The Balaban J connectivity index is 2.25. The normalized spacial score (nSPS) is 15.0. The average Bonchev–Trinajstić information content (AvgIpc) is 3.22. The van der Waals surface area contributed by atoms with Crippen LogP contribution in [0.15, 0.2) is 23.1 Å². The first kappa shape index (κ1) is 15.9. The number of hydrogen-bond donors (Lipinski definition) is 1. The van der Waals surface area contributed by atoms with Crippen LogP contribution in [0.4, 0.5) is 4.39 Å². The summed E-state index contributed by atoms with van der Waals surface area (Å²) in [6, 6.07) is 3.34. The third-order valence-corrected chi connectivity index (χ3v) is 4.41. The number of hydrogen-bond acceptors (Lipinski definition) is 3. The topological polar surface area (TPSA) is 80.5 Å². The van der Waals surface area contributed by atoms with Gasteiger partial charge in [-0.05, 0) is 37.5 Å². The lowest BCUT2D eigenvalue weighted by molar-refractivity contribution is 0.0736. The number of sulfonamides is 1. The summed E-state index contributed by atoms with van der Waals surface area (Å²) in [4.78, 5) is 13.8. The van der Waals surface area contributed by atoms with Crippen molar-refractivity contribution in [3.63, 3.8) is 0 Å². The van der Waals surface area contributed by atoms with Crippen LogP contribution in [0.25, 0.3) is 0 Å². The SMILES string of the molecule is CCCCN(C(=O)c1ccc(S(N)(=O)=O)cc1F)C1CC1. The van der Waals surface area contributed by atoms with E-state index in [-0.39, 0.29) is 22.4 Å². The van der Waals surface area contributed by atoms with E-state index in [2.05, 4.69) is 0 Å². The largest absolute Gasteiger partial charge is 0.336 e. The maximum absolute atomic E-state index is 14.0. The average molecular weight is 314 g/mol. The molecule has 1 aliphatic rings. The van der Waals surface area contributed by atoms with Crippen LogP contribution in [0.3, 0.4) is 0 Å². The van der Waals surface area contributed by atoms with Crippen LogP contribution in [-0.4, -0.2) is 31.8 Å². The van der Waals surface area contributed by atoms with E-state index in [1.165, 1.54) is 6.07 Å². The van der Waals surface area contributed by atoms with E-state index in [0.717, 1.165) is 37.8 Å². The van der Waals surface area contributed by atoms with Crippen LogP contribution in [0, 0.1) is 5.82 Å². The van der Waals surface area contributed by atoms with Crippen molar-refractivity contribution in [3.05, 3.63) is 29.6 Å². The number of nitrogens with zero attached hydrogens (tertiary/aromatic N) is 1. The molecule has 5 nitrogen and oxygen atoms in total. The summed E-state index contributed by atoms with van der Waals surface area (Å²) in [5.74, 6) is -1.24. The Labute approximate surface area is 124 Å². The van der Waals surface area contributed by atoms with Gasteiger partial charge in [-0.3, -0.25) is 4.79 Å². The highest BCUT2D eigenvalue weighted by Gasteiger charge is 2.33. The number of carbonyl (C=O) groups excluding carboxylic acids is 1. The minimum atomic E-state index is -3.97. The van der Waals surface area contributed by atoms with Crippen molar-refractivity contribution in [3.8, 4) is 0 Å². The number of halogens is 1. The maximum Gasteiger partial charge on any atom is 0.257 e. The van der Waals surface area contributed by atoms with Crippen molar-refractivity contribution in [1.82, 2.24) is 4.90 Å². The molecular formula is C14H19FN2O3S. The minimum Gasteiger partial charge on any atom is -0.336 e. The standard InChI is InChI=1S/C14H19FN2O3S/c1-2-3-8-17(10-4-5-10)14(18)12-7-6-11(9-13(12)15)21(16,19)20/h6-7,9-10H,2-5,8H2,1H3,(H2,16,19,20). The maximum atomic E-state index is 14.0. The van der Waals surface area contributed by atoms with Crippen LogP contribution in [-0.2, 0) is 10.0 Å². The summed E-state index contributed by atoms with van der Waals surface area (Å²) in [6.45, 7) is 2.62. The molecule has 0 aliphatic heterocycles. The molecule has 0 unspecified atom stereocenters. The highest BCUT2D eigenvalue weighted by atomic mass is 32.2. The molecule has 2 rings (SSSR count). The molecule has 7 heteroatoms. The van der Waals surface area contributed by atoms with Crippen LogP contribution >= 0.6 is 0 Å². The lowest BCUT2D eigenvalue weighted by atomic mass is 10.1. The van der Waals surface area contributed by atoms with E-state index in [0.29, 0.717) is 6.54 Å². The van der Waals surface area contributed by atoms with E-state index in [1.54, 1.807) is 4.90 Å². The first-order chi connectivity index (χ1) is 9.84. The summed E-state index contributed by atoms with van der Waals surface area (Å²) < 4.78 is 36.4. The molecule has 1 amide bonds. The fourth-order valence-electron chi connectivity index (χ4n) is 2.17. The molecule has 0 spiro atoms. The van der Waals surface area contributed by atoms with Gasteiger partial charge in [-0.25, -0.2) is 17.9 Å². The number of benzene rings is 1. The van der Waals surface area contributed by atoms with Crippen molar-refractivity contribution < 1.29 is 17.6 Å². The summed E-state index contributed by atoms with van der Waals surface area (Å²) in [7, 11) is -3.97. The second kappa shape index (κ2) is 6.11. The second-order valence-electron chi connectivity index (χ2n) is 5.27. The quantitative estimate of drug-likeness (QED) is 0.870. The Hall–Kier alpha value is -1.47. The number of rotatable bonds is 6. The van der Waals surface area contributed by atoms with Gasteiger partial charge >= 0.3 is 0 Å². The molecule has 21 heavy (non-hydrogen) atoms. The van der Waals surface area contributed by atoms with Gasteiger partial charge in [0.15, 0.2) is 0 Å². The first-order valence-electron chi connectivity index (χ1n) is 6.98. The van der Waals surface area contributed by atoms with Crippen LogP contribution in [0.5, 0.6) is 0 Å². The molecule has 1 aromatic carbocycles. The van der Waals surface area contributed by atoms with Gasteiger partial charge in [0.05, 0.1) is 10.5 Å². The van der Waals surface area contributed by atoms with E-state index >= 15 is 0 Å². The molecule has 116 valence electrons. The van der Waals surface area contributed by atoms with E-state index < -0.39 is 15.8 Å². The third kappa shape index (κ3) is 3.79. The van der Waals surface area contributed by atoms with Crippen molar-refractivity contribution in [2.75, 3.05) is 6.54 Å². The van der Waals surface area contributed by atoms with Gasteiger partial charge < -0.3 is 4.90 Å². The Bertz CT molecular complexity index is 642. The number of unbranched alkanes of at least 4 members (excludes halogenated alkanes) is 1. The number of primary sulfonamides is 1. The molecule has 1 aliphatic carbocycles. The smallest absolute Gasteiger partial charge is 0.257 e. The molecular weight excluding hydrogens is 295 g/mol. The number of amides is 1. The van der Waals surface area contributed by atoms with Gasteiger partial charge in [0.1, 0.15) is 5.82 Å². The molecule has 0 heterocycles. The van der Waals surface area contributed by atoms with Gasteiger partial charge in [-0.15, -0.1) is 0 Å². The highest BCUT2D eigenvalue weighted by molar-refractivity contribution is 7.89. The predicted molar refractivity (Wildman–Crippen MR) is 76.7 cm³/mol. The molecule has 1 saturated carbocycles. The lowest BCUT2D eigenvalue weighted by Crippen LogP contribution is -2.34. The van der Waals surface area contributed by atoms with E-state index in [1.807, 2.05) is 6.92 Å². The first-order valence-corrected chi connectivity index (χ1v) is 8.52. The van der Waals surface area contributed by atoms with Crippen molar-refractivity contribution >= 4 is 15.9 Å². The molecule has 0 atom stereocenters. The van der Waals surface area contributed by atoms with Crippen molar-refractivity contribution in [2.45, 2.75) is 43.5 Å². The number of carbonyl (C=O) groups is 1. The Morgan fingerprint density at radius 1 is 1.43 bits per heavy atom. The summed E-state index contributed by atoms with van der Waals surface area (Å²) >= 11 is 0. The van der Waals surface area contributed by atoms with E-state index in [9.17, 15) is 17.6 Å². The predicted octanol–water partition coefficient (Wildman–Crippen LogP) is 1.88. The summed E-state index contributed by atoms with van der Waals surface area (Å²) in [5, 5.41) is 4.95. The van der Waals surface area contributed by atoms with Gasteiger partial charge in [0, 0.05) is 12.6 Å². The minimum absolute atomic E-state index is 0.106. The van der Waals surface area contributed by atoms with E-state index in [4.69, 9.17) is 5.14 Å². The molecule has 1 aromatic rings. The second-order valence-corrected chi connectivity index (χ2v) is 6.83. The summed E-state index contributed by atoms with van der Waals surface area (Å²) in [5.41, 5.74) is -0.106. The molecule has 2 N–H and O–H groups in total. The monoisotopic (exact) mass is 314 g/mol. The zero-order chi connectivity index (χ0) is 15.6. The van der Waals surface area contributed by atoms with Crippen LogP contribution < -0.4 is 5.14 Å². The zero-order valence-corrected chi connectivity index (χ0v) is 12.7. The molecule has 0 radical (unpaired) electrons. The Kier molecular flexibility index (Phi) is 4.63. The van der Waals surface area contributed by atoms with Crippen LogP contribution in [0.2, 0.25) is 0 Å². The summed E-state index contributed by atoms with van der Waals surface area (Å²) in [6.07, 6.45) is 3.68. The zero-order valence-electron chi connectivity index (χ0n) is 11.9. The fraction of sp³-hybridized carbons (Fsp3) is 0.500.